The smallest absolute Gasteiger partial charge is 0.302 e. The minimum absolute atomic E-state index is 0.0375. The molecule has 0 spiro atoms. The highest BCUT2D eigenvalue weighted by Crippen LogP contribution is 2.28. The molecule has 0 saturated carbocycles. The van der Waals surface area contributed by atoms with Gasteiger partial charge in [0.1, 0.15) is 10.7 Å². The Balaban J connectivity index is 2.76. The van der Waals surface area contributed by atoms with Gasteiger partial charge >= 0.3 is 11.9 Å². The Morgan fingerprint density at radius 1 is 1.32 bits per heavy atom. The van der Waals surface area contributed by atoms with Crippen LogP contribution in [0.15, 0.2) is 32.8 Å². The minimum atomic E-state index is -4.91. The average Bonchev–Trinajstić information content (AvgIpc) is 2.59. The third-order valence-corrected chi connectivity index (χ3v) is 4.06. The van der Waals surface area contributed by atoms with E-state index in [1.807, 2.05) is 5.48 Å². The van der Waals surface area contributed by atoms with Crippen LogP contribution in [-0.2, 0) is 15.8 Å². The first-order valence-corrected chi connectivity index (χ1v) is 8.16. The number of benzene rings is 1. The van der Waals surface area contributed by atoms with Crippen molar-refractivity contribution in [1.29, 1.82) is 0 Å². The lowest BCUT2D eigenvalue weighted by Crippen LogP contribution is -2.38. The number of alkyl halides is 3. The Morgan fingerprint density at radius 3 is 2.54 bits per heavy atom. The van der Waals surface area contributed by atoms with Gasteiger partial charge in [-0.2, -0.15) is 13.2 Å². The second-order valence-corrected chi connectivity index (χ2v) is 6.24. The maximum absolute atomic E-state index is 13.0. The van der Waals surface area contributed by atoms with E-state index in [1.165, 1.54) is 25.3 Å². The first kappa shape index (κ1) is 21.7. The number of rotatable bonds is 4. The van der Waals surface area contributed by atoms with Crippen LogP contribution in [0.4, 0.5) is 13.2 Å². The summed E-state index contributed by atoms with van der Waals surface area (Å²) < 4.78 is 39.5. The Kier molecular flexibility index (Phi) is 6.37. The molecule has 0 bridgehead atoms. The SMILES string of the molecule is CONC(=O)C(Cl)=Cc1cc(Cl)ccc1-n1c(=O)[nH]c(C(F)(F)F)c(C)c1=O. The first-order chi connectivity index (χ1) is 13.0. The van der Waals surface area contributed by atoms with Crippen molar-refractivity contribution < 1.29 is 22.8 Å². The fraction of sp³-hybridized carbons (Fsp3) is 0.188. The van der Waals surface area contributed by atoms with Crippen molar-refractivity contribution in [3.63, 3.8) is 0 Å². The summed E-state index contributed by atoms with van der Waals surface area (Å²) in [5.74, 6) is -0.833. The highest BCUT2D eigenvalue weighted by atomic mass is 35.5. The van der Waals surface area contributed by atoms with Crippen molar-refractivity contribution in [1.82, 2.24) is 15.0 Å². The second kappa shape index (κ2) is 8.21. The second-order valence-electron chi connectivity index (χ2n) is 5.40. The highest BCUT2D eigenvalue weighted by molar-refractivity contribution is 6.44. The standard InChI is InChI=1S/C16H12Cl2F3N3O4/c1-7-12(16(19,20)21)22-15(27)24(14(7)26)11-4-3-9(17)5-8(11)6-10(18)13(25)23-28-2/h3-6H,1-2H3,(H,22,27)(H,23,25). The number of H-pyrrole nitrogens is 1. The van der Waals surface area contributed by atoms with Crippen LogP contribution in [0.5, 0.6) is 0 Å². The third kappa shape index (κ3) is 4.46. The summed E-state index contributed by atoms with van der Waals surface area (Å²) in [6.45, 7) is 0.933. The molecule has 1 heterocycles. The average molecular weight is 438 g/mol. The van der Waals surface area contributed by atoms with E-state index in [9.17, 15) is 27.6 Å². The first-order valence-electron chi connectivity index (χ1n) is 7.41. The quantitative estimate of drug-likeness (QED) is 0.567. The van der Waals surface area contributed by atoms with Gasteiger partial charge in [-0.05, 0) is 31.2 Å². The van der Waals surface area contributed by atoms with Gasteiger partial charge in [-0.1, -0.05) is 23.2 Å². The van der Waals surface area contributed by atoms with Crippen molar-refractivity contribution in [3.05, 3.63) is 65.9 Å². The topological polar surface area (TPSA) is 93.2 Å². The van der Waals surface area contributed by atoms with Crippen LogP contribution in [0.3, 0.4) is 0 Å². The lowest BCUT2D eigenvalue weighted by molar-refractivity contribution is -0.142. The van der Waals surface area contributed by atoms with Gasteiger partial charge in [0.15, 0.2) is 0 Å². The van der Waals surface area contributed by atoms with E-state index in [4.69, 9.17) is 23.2 Å². The zero-order valence-corrected chi connectivity index (χ0v) is 15.8. The molecule has 0 saturated heterocycles. The normalized spacial score (nSPS) is 12.2. The molecule has 0 atom stereocenters. The molecular weight excluding hydrogens is 426 g/mol. The summed E-state index contributed by atoms with van der Waals surface area (Å²) in [6, 6.07) is 3.82. The summed E-state index contributed by atoms with van der Waals surface area (Å²) >= 11 is 11.8. The molecule has 0 aliphatic heterocycles. The number of halogens is 5. The monoisotopic (exact) mass is 437 g/mol. The number of hydroxylamine groups is 1. The number of hydrogen-bond acceptors (Lipinski definition) is 4. The van der Waals surface area contributed by atoms with Gasteiger partial charge in [0.2, 0.25) is 0 Å². The number of aromatic amines is 1. The van der Waals surface area contributed by atoms with E-state index in [1.54, 1.807) is 4.98 Å². The predicted octanol–water partition coefficient (Wildman–Crippen LogP) is 2.76. The summed E-state index contributed by atoms with van der Waals surface area (Å²) in [5, 5.41) is -0.224. The van der Waals surface area contributed by atoms with Gasteiger partial charge in [-0.15, -0.1) is 0 Å². The zero-order valence-electron chi connectivity index (χ0n) is 14.3. The van der Waals surface area contributed by atoms with Crippen molar-refractivity contribution >= 4 is 35.2 Å². The molecule has 28 heavy (non-hydrogen) atoms. The Labute approximate surface area is 165 Å². The van der Waals surface area contributed by atoms with Crippen LogP contribution in [0.1, 0.15) is 16.8 Å². The van der Waals surface area contributed by atoms with Crippen LogP contribution >= 0.6 is 23.2 Å². The summed E-state index contributed by atoms with van der Waals surface area (Å²) in [7, 11) is 1.18. The van der Waals surface area contributed by atoms with Gasteiger partial charge in [0, 0.05) is 16.1 Å². The molecule has 12 heteroatoms. The van der Waals surface area contributed by atoms with Gasteiger partial charge in [-0.25, -0.2) is 14.8 Å². The van der Waals surface area contributed by atoms with Gasteiger partial charge in [-0.3, -0.25) is 14.4 Å². The molecule has 1 aromatic carbocycles. The maximum atomic E-state index is 13.0. The summed E-state index contributed by atoms with van der Waals surface area (Å²) in [5.41, 5.74) is -2.79. The molecule has 0 unspecified atom stereocenters. The van der Waals surface area contributed by atoms with Gasteiger partial charge in [0.25, 0.3) is 11.5 Å². The molecule has 1 aromatic heterocycles. The number of amides is 1. The third-order valence-electron chi connectivity index (χ3n) is 3.54. The molecule has 150 valence electrons. The van der Waals surface area contributed by atoms with Gasteiger partial charge < -0.3 is 4.98 Å². The Hall–Kier alpha value is -2.56. The molecule has 2 rings (SSSR count). The van der Waals surface area contributed by atoms with Crippen LogP contribution in [-0.4, -0.2) is 22.6 Å². The van der Waals surface area contributed by atoms with E-state index < -0.39 is 39.6 Å². The van der Waals surface area contributed by atoms with Crippen LogP contribution in [0.25, 0.3) is 11.8 Å². The van der Waals surface area contributed by atoms with Crippen LogP contribution in [0.2, 0.25) is 5.02 Å². The molecule has 0 fully saturated rings. The number of nitrogens with one attached hydrogen (secondary N) is 2. The van der Waals surface area contributed by atoms with E-state index in [-0.39, 0.29) is 16.3 Å². The molecule has 0 radical (unpaired) electrons. The van der Waals surface area contributed by atoms with E-state index >= 15 is 0 Å². The minimum Gasteiger partial charge on any atom is -0.302 e. The van der Waals surface area contributed by atoms with Crippen molar-refractivity contribution in [2.75, 3.05) is 7.11 Å². The fourth-order valence-corrected chi connectivity index (χ4v) is 2.65. The zero-order chi connectivity index (χ0) is 21.2. The van der Waals surface area contributed by atoms with Crippen molar-refractivity contribution in [3.8, 4) is 5.69 Å². The lowest BCUT2D eigenvalue weighted by Gasteiger charge is -2.14. The van der Waals surface area contributed by atoms with E-state index in [0.717, 1.165) is 13.0 Å². The van der Waals surface area contributed by atoms with E-state index in [0.29, 0.717) is 4.57 Å². The summed E-state index contributed by atoms with van der Waals surface area (Å²) in [6.07, 6.45) is -3.83. The number of carbonyl (C=O) groups excluding carboxylic acids is 1. The van der Waals surface area contributed by atoms with Crippen LogP contribution in [0, 0.1) is 6.92 Å². The number of aromatic nitrogens is 2. The highest BCUT2D eigenvalue weighted by Gasteiger charge is 2.35. The van der Waals surface area contributed by atoms with Gasteiger partial charge in [0.05, 0.1) is 12.8 Å². The molecule has 0 aliphatic rings. The lowest BCUT2D eigenvalue weighted by atomic mass is 10.1. The Morgan fingerprint density at radius 2 is 1.96 bits per heavy atom. The number of hydrogen-bond donors (Lipinski definition) is 2. The largest absolute Gasteiger partial charge is 0.431 e. The predicted molar refractivity (Wildman–Crippen MR) is 96.4 cm³/mol. The fourth-order valence-electron chi connectivity index (χ4n) is 2.31. The summed E-state index contributed by atoms with van der Waals surface area (Å²) in [4.78, 5) is 42.5. The van der Waals surface area contributed by atoms with Crippen molar-refractivity contribution in [2.24, 2.45) is 0 Å². The Bertz CT molecular complexity index is 1070. The van der Waals surface area contributed by atoms with Crippen molar-refractivity contribution in [2.45, 2.75) is 13.1 Å². The molecular formula is C16H12Cl2F3N3O4. The van der Waals surface area contributed by atoms with E-state index in [2.05, 4.69) is 4.84 Å². The molecule has 2 N–H and O–H groups in total. The molecule has 7 nitrogen and oxygen atoms in total. The molecule has 1 amide bonds. The van der Waals surface area contributed by atoms with Crippen LogP contribution < -0.4 is 16.7 Å². The molecule has 0 aliphatic carbocycles. The number of carbonyl (C=O) groups is 1. The molecule has 2 aromatic rings. The maximum Gasteiger partial charge on any atom is 0.431 e. The number of nitrogens with zero attached hydrogens (tertiary/aromatic N) is 1.